The zero-order valence-corrected chi connectivity index (χ0v) is 9.93. The number of halogens is 3. The third-order valence-electron chi connectivity index (χ3n) is 3.11. The highest BCUT2D eigenvalue weighted by Gasteiger charge is 2.24. The summed E-state index contributed by atoms with van der Waals surface area (Å²) in [5.74, 6) is -2.93. The summed E-state index contributed by atoms with van der Waals surface area (Å²) in [6, 6.07) is 1.08. The van der Waals surface area contributed by atoms with Crippen LogP contribution in [0.1, 0.15) is 11.6 Å². The van der Waals surface area contributed by atoms with Gasteiger partial charge >= 0.3 is 0 Å². The summed E-state index contributed by atoms with van der Waals surface area (Å²) in [5, 5.41) is 3.16. The SMILES string of the molecule is C=C[C@H](c1cc(F)cc(F)c1F)N1CCNCC1. The Morgan fingerprint density at radius 2 is 1.89 bits per heavy atom. The van der Waals surface area contributed by atoms with E-state index in [1.165, 1.54) is 6.08 Å². The molecule has 18 heavy (non-hydrogen) atoms. The van der Waals surface area contributed by atoms with Crippen molar-refractivity contribution in [3.05, 3.63) is 47.8 Å². The Balaban J connectivity index is 2.34. The number of hydrogen-bond donors (Lipinski definition) is 1. The summed E-state index contributed by atoms with van der Waals surface area (Å²) in [6.45, 7) is 6.55. The Morgan fingerprint density at radius 1 is 1.22 bits per heavy atom. The molecule has 1 N–H and O–H groups in total. The zero-order chi connectivity index (χ0) is 13.1. The Labute approximate surface area is 104 Å². The molecule has 98 valence electrons. The molecule has 0 aromatic heterocycles. The minimum atomic E-state index is -1.16. The molecule has 0 saturated carbocycles. The smallest absolute Gasteiger partial charge is 0.164 e. The second-order valence-electron chi connectivity index (χ2n) is 4.26. The van der Waals surface area contributed by atoms with Crippen LogP contribution >= 0.6 is 0 Å². The van der Waals surface area contributed by atoms with Crippen LogP contribution in [-0.4, -0.2) is 31.1 Å². The molecular formula is C13H15F3N2. The minimum absolute atomic E-state index is 0.00407. The lowest BCUT2D eigenvalue weighted by Crippen LogP contribution is -2.44. The summed E-state index contributed by atoms with van der Waals surface area (Å²) in [5.41, 5.74) is 0.00407. The molecule has 5 heteroatoms. The van der Waals surface area contributed by atoms with E-state index >= 15 is 0 Å². The highest BCUT2D eigenvalue weighted by Crippen LogP contribution is 2.27. The van der Waals surface area contributed by atoms with Crippen molar-refractivity contribution in [1.29, 1.82) is 0 Å². The monoisotopic (exact) mass is 256 g/mol. The van der Waals surface area contributed by atoms with E-state index in [4.69, 9.17) is 0 Å². The summed E-state index contributed by atoms with van der Waals surface area (Å²) < 4.78 is 40.2. The van der Waals surface area contributed by atoms with E-state index in [0.29, 0.717) is 19.2 Å². The van der Waals surface area contributed by atoms with Crippen LogP contribution in [0.3, 0.4) is 0 Å². The molecule has 1 aromatic rings. The zero-order valence-electron chi connectivity index (χ0n) is 9.93. The molecule has 1 aliphatic heterocycles. The number of rotatable bonds is 3. The summed E-state index contributed by atoms with van der Waals surface area (Å²) in [7, 11) is 0. The lowest BCUT2D eigenvalue weighted by molar-refractivity contribution is 0.199. The second-order valence-corrected chi connectivity index (χ2v) is 4.26. The van der Waals surface area contributed by atoms with Crippen LogP contribution in [0.4, 0.5) is 13.2 Å². The Hall–Kier alpha value is -1.33. The molecular weight excluding hydrogens is 241 g/mol. The molecule has 0 aliphatic carbocycles. The van der Waals surface area contributed by atoms with Crippen molar-refractivity contribution in [1.82, 2.24) is 10.2 Å². The summed E-state index contributed by atoms with van der Waals surface area (Å²) in [6.07, 6.45) is 1.52. The van der Waals surface area contributed by atoms with Crippen molar-refractivity contribution in [2.45, 2.75) is 6.04 Å². The number of nitrogens with zero attached hydrogens (tertiary/aromatic N) is 1. The van der Waals surface area contributed by atoms with Crippen molar-refractivity contribution in [2.24, 2.45) is 0 Å². The Bertz CT molecular complexity index is 442. The molecule has 1 atom stereocenters. The highest BCUT2D eigenvalue weighted by molar-refractivity contribution is 5.26. The van der Waals surface area contributed by atoms with Crippen LogP contribution < -0.4 is 5.32 Å². The third kappa shape index (κ3) is 2.57. The van der Waals surface area contributed by atoms with E-state index in [2.05, 4.69) is 11.9 Å². The lowest BCUT2D eigenvalue weighted by Gasteiger charge is -2.33. The van der Waals surface area contributed by atoms with Crippen LogP contribution in [0.15, 0.2) is 24.8 Å². The molecule has 1 aliphatic rings. The van der Waals surface area contributed by atoms with E-state index in [1.54, 1.807) is 0 Å². The normalized spacial score (nSPS) is 18.6. The van der Waals surface area contributed by atoms with Crippen LogP contribution in [0.2, 0.25) is 0 Å². The van der Waals surface area contributed by atoms with Crippen molar-refractivity contribution >= 4 is 0 Å². The van der Waals surface area contributed by atoms with Gasteiger partial charge in [-0.2, -0.15) is 0 Å². The fourth-order valence-electron chi connectivity index (χ4n) is 2.22. The van der Waals surface area contributed by atoms with Gasteiger partial charge in [-0.15, -0.1) is 6.58 Å². The van der Waals surface area contributed by atoms with Gasteiger partial charge < -0.3 is 5.32 Å². The van der Waals surface area contributed by atoms with E-state index in [9.17, 15) is 13.2 Å². The third-order valence-corrected chi connectivity index (χ3v) is 3.11. The quantitative estimate of drug-likeness (QED) is 0.659. The molecule has 2 nitrogen and oxygen atoms in total. The molecule has 0 unspecified atom stereocenters. The van der Waals surface area contributed by atoms with Gasteiger partial charge in [-0.3, -0.25) is 4.90 Å². The Morgan fingerprint density at radius 3 is 2.50 bits per heavy atom. The number of piperazine rings is 1. The van der Waals surface area contributed by atoms with Gasteiger partial charge in [0.15, 0.2) is 11.6 Å². The van der Waals surface area contributed by atoms with Gasteiger partial charge in [-0.25, -0.2) is 13.2 Å². The predicted molar refractivity (Wildman–Crippen MR) is 63.7 cm³/mol. The van der Waals surface area contributed by atoms with Crippen molar-refractivity contribution in [2.75, 3.05) is 26.2 Å². The fourth-order valence-corrected chi connectivity index (χ4v) is 2.22. The van der Waals surface area contributed by atoms with E-state index in [-0.39, 0.29) is 5.56 Å². The number of hydrogen-bond acceptors (Lipinski definition) is 2. The fraction of sp³-hybridized carbons (Fsp3) is 0.385. The van der Waals surface area contributed by atoms with Gasteiger partial charge in [0.1, 0.15) is 5.82 Å². The maximum absolute atomic E-state index is 13.7. The first-order chi connectivity index (χ1) is 8.63. The molecule has 1 saturated heterocycles. The van der Waals surface area contributed by atoms with Crippen LogP contribution in [0, 0.1) is 17.5 Å². The first-order valence-corrected chi connectivity index (χ1v) is 5.85. The summed E-state index contributed by atoms with van der Waals surface area (Å²) >= 11 is 0. The van der Waals surface area contributed by atoms with Crippen LogP contribution in [0.5, 0.6) is 0 Å². The first-order valence-electron chi connectivity index (χ1n) is 5.85. The van der Waals surface area contributed by atoms with Gasteiger partial charge in [0.05, 0.1) is 6.04 Å². The Kier molecular flexibility index (Phi) is 4.04. The molecule has 1 heterocycles. The van der Waals surface area contributed by atoms with Gasteiger partial charge in [0.2, 0.25) is 0 Å². The van der Waals surface area contributed by atoms with Crippen LogP contribution in [-0.2, 0) is 0 Å². The maximum Gasteiger partial charge on any atom is 0.164 e. The summed E-state index contributed by atoms with van der Waals surface area (Å²) in [4.78, 5) is 1.95. The topological polar surface area (TPSA) is 15.3 Å². The van der Waals surface area contributed by atoms with E-state index in [0.717, 1.165) is 19.2 Å². The van der Waals surface area contributed by atoms with Gasteiger partial charge in [-0.1, -0.05) is 6.08 Å². The molecule has 0 amide bonds. The largest absolute Gasteiger partial charge is 0.314 e. The standard InChI is InChI=1S/C13H15F3N2/c1-2-12(18-5-3-17-4-6-18)10-7-9(14)8-11(15)13(10)16/h2,7-8,12,17H,1,3-6H2/t12-/m1/s1. The molecule has 0 radical (unpaired) electrons. The van der Waals surface area contributed by atoms with Gasteiger partial charge in [0, 0.05) is 37.8 Å². The molecule has 1 aromatic carbocycles. The van der Waals surface area contributed by atoms with Crippen LogP contribution in [0.25, 0.3) is 0 Å². The number of nitrogens with one attached hydrogen (secondary N) is 1. The van der Waals surface area contributed by atoms with E-state index in [1.807, 2.05) is 4.90 Å². The molecule has 0 bridgehead atoms. The van der Waals surface area contributed by atoms with Gasteiger partial charge in [-0.05, 0) is 6.07 Å². The second kappa shape index (κ2) is 5.54. The number of benzene rings is 1. The lowest BCUT2D eigenvalue weighted by atomic mass is 10.0. The maximum atomic E-state index is 13.7. The van der Waals surface area contributed by atoms with Crippen molar-refractivity contribution < 1.29 is 13.2 Å². The average Bonchev–Trinajstić information content (AvgIpc) is 2.37. The van der Waals surface area contributed by atoms with E-state index < -0.39 is 23.5 Å². The minimum Gasteiger partial charge on any atom is -0.314 e. The predicted octanol–water partition coefficient (Wildman–Crippen LogP) is 2.24. The van der Waals surface area contributed by atoms with Crippen molar-refractivity contribution in [3.8, 4) is 0 Å². The highest BCUT2D eigenvalue weighted by atomic mass is 19.2. The average molecular weight is 256 g/mol. The molecule has 2 rings (SSSR count). The van der Waals surface area contributed by atoms with Gasteiger partial charge in [0.25, 0.3) is 0 Å². The van der Waals surface area contributed by atoms with Crippen molar-refractivity contribution in [3.63, 3.8) is 0 Å². The molecule has 0 spiro atoms. The molecule has 1 fully saturated rings. The first kappa shape index (κ1) is 13.1.